The van der Waals surface area contributed by atoms with Crippen LogP contribution in [0.15, 0.2) is 30.9 Å². The predicted molar refractivity (Wildman–Crippen MR) is 111 cm³/mol. The van der Waals surface area contributed by atoms with Crippen LogP contribution < -0.4 is 10.1 Å². The highest BCUT2D eigenvalue weighted by Gasteiger charge is 2.31. The minimum Gasteiger partial charge on any atom is -0.505 e. The number of methoxy groups -OCH3 is 1. The van der Waals surface area contributed by atoms with Gasteiger partial charge in [-0.15, -0.1) is 0 Å². The van der Waals surface area contributed by atoms with Crippen molar-refractivity contribution < 1.29 is 19.4 Å². The first-order chi connectivity index (χ1) is 13.8. The van der Waals surface area contributed by atoms with E-state index in [-0.39, 0.29) is 38.9 Å². The van der Waals surface area contributed by atoms with Gasteiger partial charge < -0.3 is 20.1 Å². The van der Waals surface area contributed by atoms with E-state index < -0.39 is 0 Å². The van der Waals surface area contributed by atoms with Gasteiger partial charge in [0.15, 0.2) is 11.5 Å². The standard InChI is InChI=1S/C21H20Cl2N2O4/c1-4-15(26)24-8-12-6-5-7-13-9-25(10-14(12)13)21(28)16-11(2)17(22)20(29-3)18(23)19(16)27/h4-7,27H,1,8-10H2,2-3H3,(H,24,26). The Morgan fingerprint density at radius 1 is 1.31 bits per heavy atom. The van der Waals surface area contributed by atoms with Gasteiger partial charge in [0.1, 0.15) is 5.02 Å². The Morgan fingerprint density at radius 3 is 2.69 bits per heavy atom. The molecule has 1 aliphatic heterocycles. The number of halogens is 2. The van der Waals surface area contributed by atoms with Crippen molar-refractivity contribution in [3.63, 3.8) is 0 Å². The Morgan fingerprint density at radius 2 is 2.03 bits per heavy atom. The van der Waals surface area contributed by atoms with Crippen LogP contribution in [0.1, 0.15) is 32.6 Å². The molecule has 0 unspecified atom stereocenters. The highest BCUT2D eigenvalue weighted by atomic mass is 35.5. The Labute approximate surface area is 178 Å². The normalized spacial score (nSPS) is 12.5. The summed E-state index contributed by atoms with van der Waals surface area (Å²) < 4.78 is 5.13. The first-order valence-electron chi connectivity index (χ1n) is 8.83. The van der Waals surface area contributed by atoms with Crippen LogP contribution in [0.4, 0.5) is 0 Å². The van der Waals surface area contributed by atoms with Crippen molar-refractivity contribution in [2.75, 3.05) is 7.11 Å². The van der Waals surface area contributed by atoms with Crippen LogP contribution in [0, 0.1) is 6.92 Å². The summed E-state index contributed by atoms with van der Waals surface area (Å²) in [7, 11) is 1.39. The minimum atomic E-state index is -0.385. The Hall–Kier alpha value is -2.70. The molecule has 6 nitrogen and oxygen atoms in total. The summed E-state index contributed by atoms with van der Waals surface area (Å²) in [6, 6.07) is 5.72. The molecule has 2 N–H and O–H groups in total. The van der Waals surface area contributed by atoms with Gasteiger partial charge in [0.2, 0.25) is 5.91 Å². The van der Waals surface area contributed by atoms with E-state index in [9.17, 15) is 14.7 Å². The molecule has 0 aromatic heterocycles. The number of hydrogen-bond acceptors (Lipinski definition) is 4. The quantitative estimate of drug-likeness (QED) is 0.697. The number of aromatic hydroxyl groups is 1. The molecule has 8 heteroatoms. The smallest absolute Gasteiger partial charge is 0.258 e. The van der Waals surface area contributed by atoms with Gasteiger partial charge in [0.25, 0.3) is 5.91 Å². The molecule has 152 valence electrons. The number of fused-ring (bicyclic) bond motifs is 1. The van der Waals surface area contributed by atoms with Gasteiger partial charge in [0.05, 0.1) is 17.7 Å². The molecule has 0 saturated carbocycles. The van der Waals surface area contributed by atoms with E-state index >= 15 is 0 Å². The number of carbonyl (C=O) groups is 2. The molecule has 3 rings (SSSR count). The molecule has 2 amide bonds. The fourth-order valence-corrected chi connectivity index (χ4v) is 4.01. The summed E-state index contributed by atoms with van der Waals surface area (Å²) >= 11 is 12.4. The monoisotopic (exact) mass is 434 g/mol. The van der Waals surface area contributed by atoms with E-state index in [4.69, 9.17) is 27.9 Å². The van der Waals surface area contributed by atoms with E-state index in [0.717, 1.165) is 16.7 Å². The summed E-state index contributed by atoms with van der Waals surface area (Å²) in [6.45, 7) is 6.12. The lowest BCUT2D eigenvalue weighted by atomic mass is 10.0. The average molecular weight is 435 g/mol. The number of phenols is 1. The van der Waals surface area contributed by atoms with Gasteiger partial charge in [-0.1, -0.05) is 48.0 Å². The van der Waals surface area contributed by atoms with Gasteiger partial charge >= 0.3 is 0 Å². The maximum atomic E-state index is 13.2. The van der Waals surface area contributed by atoms with Crippen molar-refractivity contribution in [1.29, 1.82) is 0 Å². The van der Waals surface area contributed by atoms with Crippen LogP contribution in [0.3, 0.4) is 0 Å². The zero-order chi connectivity index (χ0) is 21.3. The van der Waals surface area contributed by atoms with Crippen molar-refractivity contribution in [2.45, 2.75) is 26.6 Å². The average Bonchev–Trinajstić information content (AvgIpc) is 3.16. The summed E-state index contributed by atoms with van der Waals surface area (Å²) in [5.74, 6) is -0.880. The zero-order valence-corrected chi connectivity index (χ0v) is 17.5. The molecule has 0 atom stereocenters. The summed E-state index contributed by atoms with van der Waals surface area (Å²) in [5.41, 5.74) is 3.30. The van der Waals surface area contributed by atoms with E-state index in [2.05, 4.69) is 11.9 Å². The van der Waals surface area contributed by atoms with E-state index in [0.29, 0.717) is 25.2 Å². The number of amides is 2. The van der Waals surface area contributed by atoms with Crippen molar-refractivity contribution in [3.05, 3.63) is 68.7 Å². The van der Waals surface area contributed by atoms with Crippen molar-refractivity contribution in [3.8, 4) is 11.5 Å². The number of hydrogen-bond donors (Lipinski definition) is 2. The lowest BCUT2D eigenvalue weighted by Crippen LogP contribution is -2.26. The molecule has 1 heterocycles. The third kappa shape index (κ3) is 3.78. The van der Waals surface area contributed by atoms with Crippen LogP contribution >= 0.6 is 23.2 Å². The maximum Gasteiger partial charge on any atom is 0.258 e. The molecule has 2 aromatic carbocycles. The van der Waals surface area contributed by atoms with Gasteiger partial charge in [-0.05, 0) is 35.3 Å². The molecule has 1 aliphatic rings. The number of nitrogens with one attached hydrogen (secondary N) is 1. The second-order valence-corrected chi connectivity index (χ2v) is 7.40. The Balaban J connectivity index is 1.91. The fraction of sp³-hybridized carbons (Fsp3) is 0.238. The molecule has 0 radical (unpaired) electrons. The van der Waals surface area contributed by atoms with Crippen LogP contribution in [-0.2, 0) is 24.4 Å². The molecule has 0 spiro atoms. The topological polar surface area (TPSA) is 78.9 Å². The number of rotatable bonds is 5. The number of carbonyl (C=O) groups excluding carboxylic acids is 2. The van der Waals surface area contributed by atoms with Crippen LogP contribution in [-0.4, -0.2) is 28.9 Å². The predicted octanol–water partition coefficient (Wildman–Crippen LogP) is 3.97. The van der Waals surface area contributed by atoms with Crippen molar-refractivity contribution in [2.24, 2.45) is 0 Å². The highest BCUT2D eigenvalue weighted by molar-refractivity contribution is 6.39. The van der Waals surface area contributed by atoms with Gasteiger partial charge in [-0.25, -0.2) is 0 Å². The Kier molecular flexibility index (Phi) is 6.05. The minimum absolute atomic E-state index is 0.0510. The molecular weight excluding hydrogens is 415 g/mol. The molecule has 0 saturated heterocycles. The third-order valence-electron chi connectivity index (χ3n) is 4.97. The Bertz CT molecular complexity index is 991. The number of phenolic OH excluding ortho intramolecular Hbond substituents is 1. The first-order valence-corrected chi connectivity index (χ1v) is 9.59. The second-order valence-electron chi connectivity index (χ2n) is 6.65. The number of benzene rings is 2. The van der Waals surface area contributed by atoms with Gasteiger partial charge in [-0.2, -0.15) is 0 Å². The van der Waals surface area contributed by atoms with Crippen LogP contribution in [0.5, 0.6) is 11.5 Å². The van der Waals surface area contributed by atoms with Crippen molar-refractivity contribution in [1.82, 2.24) is 10.2 Å². The lowest BCUT2D eigenvalue weighted by Gasteiger charge is -2.20. The largest absolute Gasteiger partial charge is 0.505 e. The van der Waals surface area contributed by atoms with E-state index in [1.54, 1.807) is 11.8 Å². The molecule has 2 aromatic rings. The molecule has 0 fully saturated rings. The van der Waals surface area contributed by atoms with Crippen LogP contribution in [0.25, 0.3) is 0 Å². The lowest BCUT2D eigenvalue weighted by molar-refractivity contribution is -0.116. The second kappa shape index (κ2) is 8.35. The number of nitrogens with zero attached hydrogens (tertiary/aromatic N) is 1. The zero-order valence-electron chi connectivity index (χ0n) is 16.0. The summed E-state index contributed by atoms with van der Waals surface area (Å²) in [5, 5.41) is 13.3. The SMILES string of the molecule is C=CC(=O)NCc1cccc2c1CN(C(=O)c1c(C)c(Cl)c(OC)c(Cl)c1O)C2. The van der Waals surface area contributed by atoms with E-state index in [1.165, 1.54) is 13.2 Å². The first kappa shape index (κ1) is 21.0. The molecule has 29 heavy (non-hydrogen) atoms. The summed E-state index contributed by atoms with van der Waals surface area (Å²) in [4.78, 5) is 26.3. The highest BCUT2D eigenvalue weighted by Crippen LogP contribution is 2.45. The van der Waals surface area contributed by atoms with Gasteiger partial charge in [-0.3, -0.25) is 9.59 Å². The van der Waals surface area contributed by atoms with Crippen LogP contribution in [0.2, 0.25) is 10.0 Å². The molecule has 0 aliphatic carbocycles. The molecule has 0 bridgehead atoms. The molecular formula is C21H20Cl2N2O4. The van der Waals surface area contributed by atoms with E-state index in [1.807, 2.05) is 18.2 Å². The fourth-order valence-electron chi connectivity index (χ4n) is 3.43. The summed E-state index contributed by atoms with van der Waals surface area (Å²) in [6.07, 6.45) is 1.21. The van der Waals surface area contributed by atoms with Crippen molar-refractivity contribution >= 4 is 35.0 Å². The number of ether oxygens (including phenoxy) is 1. The van der Waals surface area contributed by atoms with Gasteiger partial charge in [0, 0.05) is 19.6 Å². The maximum absolute atomic E-state index is 13.2. The third-order valence-corrected chi connectivity index (χ3v) is 5.78.